The van der Waals surface area contributed by atoms with Crippen LogP contribution in [0.5, 0.6) is 0 Å². The topological polar surface area (TPSA) is 94.2 Å². The molecule has 0 fully saturated rings. The minimum Gasteiger partial charge on any atom is -0.354 e. The van der Waals surface area contributed by atoms with Gasteiger partial charge in [0.2, 0.25) is 15.9 Å². The molecule has 3 rings (SSSR count). The van der Waals surface area contributed by atoms with Crippen molar-refractivity contribution in [3.05, 3.63) is 64.8 Å². The first-order valence-electron chi connectivity index (χ1n) is 7.96. The van der Waals surface area contributed by atoms with Crippen LogP contribution in [0, 0.1) is 0 Å². The maximum atomic E-state index is 12.2. The van der Waals surface area contributed by atoms with Gasteiger partial charge in [-0.15, -0.1) is 0 Å². The van der Waals surface area contributed by atoms with Crippen LogP contribution in [0.1, 0.15) is 5.56 Å². The van der Waals surface area contributed by atoms with Crippen LogP contribution < -0.4 is 10.5 Å². The van der Waals surface area contributed by atoms with Crippen molar-refractivity contribution < 1.29 is 13.2 Å². The smallest absolute Gasteiger partial charge is 0.239 e. The number of aromatic nitrogens is 1. The molecule has 0 spiro atoms. The Hall–Kier alpha value is -2.16. The normalized spacial score (nSPS) is 11.6. The number of nitrogens with two attached hydrogens (primary N) is 1. The second-order valence-corrected chi connectivity index (χ2v) is 8.41. The molecule has 0 radical (unpaired) electrons. The average molecular weight is 436 g/mol. The van der Waals surface area contributed by atoms with Crippen LogP contribution >= 0.6 is 15.9 Å². The molecule has 0 aliphatic heterocycles. The molecule has 6 nitrogen and oxygen atoms in total. The minimum absolute atomic E-state index is 0.0772. The van der Waals surface area contributed by atoms with Crippen LogP contribution in [0.4, 0.5) is 0 Å². The number of nitrogens with zero attached hydrogens (tertiary/aromatic N) is 1. The van der Waals surface area contributed by atoms with E-state index in [1.54, 1.807) is 12.1 Å². The Kier molecular flexibility index (Phi) is 5.45. The van der Waals surface area contributed by atoms with E-state index in [0.29, 0.717) is 13.0 Å². The predicted octanol–water partition coefficient (Wildman–Crippen LogP) is 2.41. The Morgan fingerprint density at radius 1 is 1.12 bits per heavy atom. The third kappa shape index (κ3) is 4.51. The van der Waals surface area contributed by atoms with Crippen LogP contribution in [-0.4, -0.2) is 25.4 Å². The summed E-state index contributed by atoms with van der Waals surface area (Å²) in [6.45, 7) is 0.716. The zero-order chi connectivity index (χ0) is 18.7. The summed E-state index contributed by atoms with van der Waals surface area (Å²) in [5.74, 6) is -0.0772. The Morgan fingerprint density at radius 2 is 1.85 bits per heavy atom. The summed E-state index contributed by atoms with van der Waals surface area (Å²) in [7, 11) is -3.68. The van der Waals surface area contributed by atoms with Gasteiger partial charge in [0.25, 0.3) is 0 Å². The molecule has 0 saturated carbocycles. The van der Waals surface area contributed by atoms with E-state index in [-0.39, 0.29) is 17.3 Å². The fourth-order valence-electron chi connectivity index (χ4n) is 2.71. The highest BCUT2D eigenvalue weighted by atomic mass is 79.9. The number of carbonyl (C=O) groups is 1. The van der Waals surface area contributed by atoms with Crippen molar-refractivity contribution in [1.82, 2.24) is 9.88 Å². The highest BCUT2D eigenvalue weighted by Gasteiger charge is 2.08. The van der Waals surface area contributed by atoms with Gasteiger partial charge in [-0.1, -0.05) is 28.1 Å². The van der Waals surface area contributed by atoms with Crippen LogP contribution in [0.2, 0.25) is 0 Å². The number of benzene rings is 2. The fraction of sp³-hybridized carbons (Fsp3) is 0.167. The van der Waals surface area contributed by atoms with E-state index in [9.17, 15) is 13.2 Å². The number of hydrogen-bond donors (Lipinski definition) is 2. The van der Waals surface area contributed by atoms with Gasteiger partial charge in [0.05, 0.1) is 4.90 Å². The molecular weight excluding hydrogens is 418 g/mol. The highest BCUT2D eigenvalue weighted by Crippen LogP contribution is 2.20. The van der Waals surface area contributed by atoms with Crippen molar-refractivity contribution >= 4 is 42.8 Å². The molecule has 0 unspecified atom stereocenters. The van der Waals surface area contributed by atoms with Gasteiger partial charge in [-0.25, -0.2) is 13.6 Å². The molecule has 0 bridgehead atoms. The van der Waals surface area contributed by atoms with Crippen LogP contribution in [-0.2, 0) is 27.8 Å². The summed E-state index contributed by atoms with van der Waals surface area (Å²) in [4.78, 5) is 12.2. The second kappa shape index (κ2) is 7.61. The van der Waals surface area contributed by atoms with Gasteiger partial charge in [-0.2, -0.15) is 0 Å². The van der Waals surface area contributed by atoms with Gasteiger partial charge in [0.15, 0.2) is 0 Å². The summed E-state index contributed by atoms with van der Waals surface area (Å²) >= 11 is 3.44. The zero-order valence-electron chi connectivity index (χ0n) is 13.9. The highest BCUT2D eigenvalue weighted by molar-refractivity contribution is 9.10. The fourth-order valence-corrected chi connectivity index (χ4v) is 3.61. The predicted molar refractivity (Wildman–Crippen MR) is 104 cm³/mol. The monoisotopic (exact) mass is 435 g/mol. The number of amides is 1. The van der Waals surface area contributed by atoms with Gasteiger partial charge in [-0.05, 0) is 48.4 Å². The largest absolute Gasteiger partial charge is 0.354 e. The third-order valence-corrected chi connectivity index (χ3v) is 5.46. The van der Waals surface area contributed by atoms with Crippen molar-refractivity contribution in [3.8, 4) is 0 Å². The van der Waals surface area contributed by atoms with E-state index in [1.807, 2.05) is 35.0 Å². The molecule has 26 heavy (non-hydrogen) atoms. The third-order valence-electron chi connectivity index (χ3n) is 4.03. The first-order valence-corrected chi connectivity index (χ1v) is 10.3. The van der Waals surface area contributed by atoms with Gasteiger partial charge in [-0.3, -0.25) is 4.79 Å². The molecule has 1 aromatic heterocycles. The zero-order valence-corrected chi connectivity index (χ0v) is 16.3. The molecule has 0 atom stereocenters. The summed E-state index contributed by atoms with van der Waals surface area (Å²) in [5, 5.41) is 9.02. The molecule has 1 amide bonds. The van der Waals surface area contributed by atoms with E-state index >= 15 is 0 Å². The standard InChI is InChI=1S/C18H18BrN3O3S/c19-15-3-6-17-14(11-15)8-10-22(17)12-18(23)21-9-7-13-1-4-16(5-2-13)26(20,24)25/h1-6,8,10-11H,7,9,12H2,(H,21,23)(H2,20,24,25). The van der Waals surface area contributed by atoms with Crippen LogP contribution in [0.15, 0.2) is 64.1 Å². The number of carbonyl (C=O) groups excluding carboxylic acids is 1. The first kappa shape index (κ1) is 18.6. The van der Waals surface area contributed by atoms with E-state index in [1.165, 1.54) is 12.1 Å². The molecule has 0 aliphatic carbocycles. The van der Waals surface area contributed by atoms with Crippen molar-refractivity contribution in [2.45, 2.75) is 17.9 Å². The lowest BCUT2D eigenvalue weighted by molar-refractivity contribution is -0.121. The maximum absolute atomic E-state index is 12.2. The summed E-state index contributed by atoms with van der Waals surface area (Å²) in [5.41, 5.74) is 1.93. The van der Waals surface area contributed by atoms with Gasteiger partial charge >= 0.3 is 0 Å². The molecule has 0 aliphatic rings. The lowest BCUT2D eigenvalue weighted by atomic mass is 10.1. The molecule has 0 saturated heterocycles. The second-order valence-electron chi connectivity index (χ2n) is 5.94. The van der Waals surface area contributed by atoms with Crippen LogP contribution in [0.3, 0.4) is 0 Å². The van der Waals surface area contributed by atoms with Crippen molar-refractivity contribution in [1.29, 1.82) is 0 Å². The number of primary sulfonamides is 1. The molecular formula is C18H18BrN3O3S. The number of fused-ring (bicyclic) bond motifs is 1. The first-order chi connectivity index (χ1) is 12.3. The Labute approximate surface area is 160 Å². The van der Waals surface area contributed by atoms with E-state index in [4.69, 9.17) is 5.14 Å². The molecule has 136 valence electrons. The Balaban J connectivity index is 1.54. The van der Waals surface area contributed by atoms with E-state index in [0.717, 1.165) is 20.9 Å². The van der Waals surface area contributed by atoms with Crippen LogP contribution in [0.25, 0.3) is 10.9 Å². The summed E-state index contributed by atoms with van der Waals surface area (Å²) < 4.78 is 25.4. The molecule has 3 N–H and O–H groups in total. The quantitative estimate of drug-likeness (QED) is 0.622. The van der Waals surface area contributed by atoms with Crippen molar-refractivity contribution in [2.75, 3.05) is 6.54 Å². The Bertz CT molecular complexity index is 1040. The lowest BCUT2D eigenvalue weighted by Gasteiger charge is -2.08. The number of halogens is 1. The summed E-state index contributed by atoms with van der Waals surface area (Å²) in [6, 6.07) is 14.2. The number of hydrogen-bond acceptors (Lipinski definition) is 3. The van der Waals surface area contributed by atoms with Crippen molar-refractivity contribution in [2.24, 2.45) is 5.14 Å². The van der Waals surface area contributed by atoms with Gasteiger partial charge < -0.3 is 9.88 Å². The van der Waals surface area contributed by atoms with E-state index < -0.39 is 10.0 Å². The lowest BCUT2D eigenvalue weighted by Crippen LogP contribution is -2.29. The summed E-state index contributed by atoms with van der Waals surface area (Å²) in [6.07, 6.45) is 2.50. The van der Waals surface area contributed by atoms with E-state index in [2.05, 4.69) is 21.2 Å². The molecule has 8 heteroatoms. The molecule has 1 heterocycles. The molecule has 2 aromatic carbocycles. The Morgan fingerprint density at radius 3 is 2.54 bits per heavy atom. The van der Waals surface area contributed by atoms with Crippen molar-refractivity contribution in [3.63, 3.8) is 0 Å². The SMILES string of the molecule is NS(=O)(=O)c1ccc(CCNC(=O)Cn2ccc3cc(Br)ccc32)cc1. The average Bonchev–Trinajstić information content (AvgIpc) is 2.96. The van der Waals surface area contributed by atoms with Gasteiger partial charge in [0, 0.05) is 28.1 Å². The minimum atomic E-state index is -3.68. The number of nitrogens with one attached hydrogen (secondary N) is 1. The number of sulfonamides is 1. The number of rotatable bonds is 6. The van der Waals surface area contributed by atoms with Gasteiger partial charge in [0.1, 0.15) is 6.54 Å². The molecule has 3 aromatic rings. The maximum Gasteiger partial charge on any atom is 0.239 e.